The number of ether oxygens (including phenoxy) is 1. The summed E-state index contributed by atoms with van der Waals surface area (Å²) in [5.41, 5.74) is 11.6. The Bertz CT molecular complexity index is 817. The van der Waals surface area contributed by atoms with Crippen LogP contribution in [0.1, 0.15) is 23.2 Å². The first-order valence-electron chi connectivity index (χ1n) is 8.03. The fourth-order valence-electron chi connectivity index (χ4n) is 2.82. The van der Waals surface area contributed by atoms with E-state index in [0.29, 0.717) is 24.4 Å². The average Bonchev–Trinajstić information content (AvgIpc) is 3.24. The fraction of sp³-hybridized carbons (Fsp3) is 0.312. The van der Waals surface area contributed by atoms with Crippen LogP contribution in [-0.4, -0.2) is 47.1 Å². The largest absolute Gasteiger partial charge is 0.457 e. The van der Waals surface area contributed by atoms with Crippen LogP contribution >= 0.6 is 11.3 Å². The van der Waals surface area contributed by atoms with Crippen molar-refractivity contribution in [3.05, 3.63) is 30.1 Å². The molecule has 0 spiro atoms. The molecule has 2 aromatic heterocycles. The maximum Gasteiger partial charge on any atom is 0.341 e. The van der Waals surface area contributed by atoms with Crippen molar-refractivity contribution in [1.29, 1.82) is 0 Å². The van der Waals surface area contributed by atoms with Gasteiger partial charge in [0.25, 0.3) is 0 Å². The predicted molar refractivity (Wildman–Crippen MR) is 96.9 cm³/mol. The zero-order chi connectivity index (χ0) is 18.7. The number of anilines is 1. The number of primary amides is 2. The molecule has 1 saturated heterocycles. The van der Waals surface area contributed by atoms with Crippen molar-refractivity contribution in [3.8, 4) is 10.4 Å². The fourth-order valence-corrected chi connectivity index (χ4v) is 3.86. The van der Waals surface area contributed by atoms with Gasteiger partial charge in [-0.3, -0.25) is 5.32 Å². The Morgan fingerprint density at radius 3 is 2.81 bits per heavy atom. The van der Waals surface area contributed by atoms with Crippen molar-refractivity contribution in [1.82, 2.24) is 9.88 Å². The SMILES string of the molecule is NC(=O)Nc1sc(-c2cc[nH]c2)cc1C(=O)OC1CCCN(C(N)=O)C1. The molecule has 1 atom stereocenters. The van der Waals surface area contributed by atoms with E-state index in [2.05, 4.69) is 10.3 Å². The van der Waals surface area contributed by atoms with E-state index in [9.17, 15) is 14.4 Å². The highest BCUT2D eigenvalue weighted by Gasteiger charge is 2.27. The van der Waals surface area contributed by atoms with Gasteiger partial charge >= 0.3 is 18.0 Å². The van der Waals surface area contributed by atoms with Crippen molar-refractivity contribution < 1.29 is 19.1 Å². The van der Waals surface area contributed by atoms with Gasteiger partial charge < -0.3 is 26.1 Å². The van der Waals surface area contributed by atoms with Crippen LogP contribution in [0.5, 0.6) is 0 Å². The van der Waals surface area contributed by atoms with Crippen LogP contribution < -0.4 is 16.8 Å². The van der Waals surface area contributed by atoms with Crippen LogP contribution in [-0.2, 0) is 4.74 Å². The smallest absolute Gasteiger partial charge is 0.341 e. The monoisotopic (exact) mass is 377 g/mol. The zero-order valence-corrected chi connectivity index (χ0v) is 14.7. The van der Waals surface area contributed by atoms with Gasteiger partial charge in [-0.15, -0.1) is 11.3 Å². The van der Waals surface area contributed by atoms with E-state index in [1.165, 1.54) is 16.2 Å². The summed E-state index contributed by atoms with van der Waals surface area (Å²) in [6.07, 6.45) is 4.44. The number of hydrogen-bond donors (Lipinski definition) is 4. The number of hydrogen-bond acceptors (Lipinski definition) is 5. The first-order chi connectivity index (χ1) is 12.4. The molecule has 1 aliphatic heterocycles. The highest BCUT2D eigenvalue weighted by atomic mass is 32.1. The van der Waals surface area contributed by atoms with Gasteiger partial charge in [0, 0.05) is 29.4 Å². The number of aromatic nitrogens is 1. The summed E-state index contributed by atoms with van der Waals surface area (Å²) >= 11 is 1.22. The lowest BCUT2D eigenvalue weighted by Crippen LogP contribution is -2.46. The van der Waals surface area contributed by atoms with Crippen molar-refractivity contribution >= 4 is 34.4 Å². The van der Waals surface area contributed by atoms with Gasteiger partial charge in [-0.05, 0) is 25.0 Å². The van der Waals surface area contributed by atoms with Crippen molar-refractivity contribution in [3.63, 3.8) is 0 Å². The molecule has 9 nitrogen and oxygen atoms in total. The number of carbonyl (C=O) groups is 3. The van der Waals surface area contributed by atoms with E-state index >= 15 is 0 Å². The van der Waals surface area contributed by atoms with Crippen LogP contribution in [0.2, 0.25) is 0 Å². The summed E-state index contributed by atoms with van der Waals surface area (Å²) < 4.78 is 5.53. The van der Waals surface area contributed by atoms with Gasteiger partial charge in [-0.25, -0.2) is 14.4 Å². The Morgan fingerprint density at radius 1 is 1.35 bits per heavy atom. The number of rotatable bonds is 4. The molecule has 0 bridgehead atoms. The van der Waals surface area contributed by atoms with Gasteiger partial charge in [-0.2, -0.15) is 0 Å². The third kappa shape index (κ3) is 3.97. The number of carbonyl (C=O) groups excluding carboxylic acids is 3. The van der Waals surface area contributed by atoms with E-state index in [4.69, 9.17) is 16.2 Å². The molecule has 138 valence electrons. The normalized spacial score (nSPS) is 16.9. The highest BCUT2D eigenvalue weighted by molar-refractivity contribution is 7.20. The summed E-state index contributed by atoms with van der Waals surface area (Å²) in [6, 6.07) is 2.20. The minimum Gasteiger partial charge on any atom is -0.457 e. The van der Waals surface area contributed by atoms with Gasteiger partial charge in [0.2, 0.25) is 0 Å². The first kappa shape index (κ1) is 17.8. The lowest BCUT2D eigenvalue weighted by Gasteiger charge is -2.31. The third-order valence-electron chi connectivity index (χ3n) is 4.03. The molecule has 0 aliphatic carbocycles. The molecular formula is C16H19N5O4S. The molecule has 6 N–H and O–H groups in total. The van der Waals surface area contributed by atoms with Crippen molar-refractivity contribution in [2.45, 2.75) is 18.9 Å². The second kappa shape index (κ2) is 7.48. The summed E-state index contributed by atoms with van der Waals surface area (Å²) in [7, 11) is 0. The number of nitrogens with two attached hydrogens (primary N) is 2. The summed E-state index contributed by atoms with van der Waals surface area (Å²) in [5, 5.41) is 2.78. The number of nitrogens with zero attached hydrogens (tertiary/aromatic N) is 1. The van der Waals surface area contributed by atoms with E-state index in [1.807, 2.05) is 6.07 Å². The number of piperidine rings is 1. The van der Waals surface area contributed by atoms with Crippen LogP contribution in [0.15, 0.2) is 24.5 Å². The van der Waals surface area contributed by atoms with E-state index < -0.39 is 24.1 Å². The first-order valence-corrected chi connectivity index (χ1v) is 8.84. The van der Waals surface area contributed by atoms with E-state index in [0.717, 1.165) is 10.4 Å². The van der Waals surface area contributed by atoms with Crippen LogP contribution in [0.3, 0.4) is 0 Å². The summed E-state index contributed by atoms with van der Waals surface area (Å²) in [6.45, 7) is 0.808. The minimum absolute atomic E-state index is 0.223. The molecule has 0 radical (unpaired) electrons. The maximum atomic E-state index is 12.6. The topological polar surface area (TPSA) is 144 Å². The molecule has 3 heterocycles. The molecule has 2 aromatic rings. The quantitative estimate of drug-likeness (QED) is 0.603. The number of amides is 4. The van der Waals surface area contributed by atoms with Crippen LogP contribution in [0.4, 0.5) is 14.6 Å². The van der Waals surface area contributed by atoms with Crippen molar-refractivity contribution in [2.24, 2.45) is 11.5 Å². The average molecular weight is 377 g/mol. The summed E-state index contributed by atoms with van der Waals surface area (Å²) in [5.74, 6) is -0.580. The molecule has 3 rings (SSSR count). The number of H-pyrrole nitrogens is 1. The number of urea groups is 2. The molecule has 10 heteroatoms. The molecule has 4 amide bonds. The van der Waals surface area contributed by atoms with Gasteiger partial charge in [0.1, 0.15) is 11.1 Å². The number of aromatic amines is 1. The second-order valence-corrected chi connectivity index (χ2v) is 6.95. The molecule has 1 fully saturated rings. The molecule has 1 aliphatic rings. The molecule has 0 aromatic carbocycles. The molecular weight excluding hydrogens is 358 g/mol. The molecule has 0 saturated carbocycles. The van der Waals surface area contributed by atoms with Crippen LogP contribution in [0, 0.1) is 0 Å². The number of nitrogens with one attached hydrogen (secondary N) is 2. The minimum atomic E-state index is -0.765. The molecule has 26 heavy (non-hydrogen) atoms. The predicted octanol–water partition coefficient (Wildman–Crippen LogP) is 1.93. The van der Waals surface area contributed by atoms with Crippen molar-refractivity contribution in [2.75, 3.05) is 18.4 Å². The second-order valence-electron chi connectivity index (χ2n) is 5.90. The zero-order valence-electron chi connectivity index (χ0n) is 13.9. The van der Waals surface area contributed by atoms with Gasteiger partial charge in [-0.1, -0.05) is 0 Å². The molecule has 1 unspecified atom stereocenters. The van der Waals surface area contributed by atoms with Gasteiger partial charge in [0.15, 0.2) is 0 Å². The number of likely N-dealkylation sites (tertiary alicyclic amines) is 1. The van der Waals surface area contributed by atoms with E-state index in [1.54, 1.807) is 18.5 Å². The Morgan fingerprint density at radius 2 is 2.15 bits per heavy atom. The summed E-state index contributed by atoms with van der Waals surface area (Å²) in [4.78, 5) is 40.4. The Kier molecular flexibility index (Phi) is 5.12. The Labute approximate surface area is 153 Å². The lowest BCUT2D eigenvalue weighted by atomic mass is 10.1. The van der Waals surface area contributed by atoms with Gasteiger partial charge in [0.05, 0.1) is 12.1 Å². The third-order valence-corrected chi connectivity index (χ3v) is 5.13. The van der Waals surface area contributed by atoms with E-state index in [-0.39, 0.29) is 12.1 Å². The number of esters is 1. The Hall–Kier alpha value is -3.01. The standard InChI is InChI=1S/C16H19N5O4S/c17-15(23)20-13-11(6-12(26-13)9-3-4-19-7-9)14(22)25-10-2-1-5-21(8-10)16(18)24/h3-4,6-7,10,19H,1-2,5,8H2,(H2,18,24)(H3,17,20,23). The number of thiophene rings is 1. The maximum absolute atomic E-state index is 12.6. The van der Waals surface area contributed by atoms with Crippen LogP contribution in [0.25, 0.3) is 10.4 Å². The Balaban J connectivity index is 1.79. The highest BCUT2D eigenvalue weighted by Crippen LogP contribution is 2.36. The lowest BCUT2D eigenvalue weighted by molar-refractivity contribution is 0.0129.